The van der Waals surface area contributed by atoms with E-state index in [0.717, 1.165) is 60.1 Å². The van der Waals surface area contributed by atoms with E-state index in [1.165, 1.54) is 5.56 Å². The van der Waals surface area contributed by atoms with Crippen LogP contribution in [-0.2, 0) is 24.1 Å². The SMILES string of the molecule is Cc1cc(-c2noc(-c3noc4c3CCC(C)(C)C4)n2)cc(C)c1CCCCC(=O)O. The lowest BCUT2D eigenvalue weighted by atomic mass is 9.77. The molecule has 0 bridgehead atoms. The Morgan fingerprint density at radius 3 is 2.58 bits per heavy atom. The van der Waals surface area contributed by atoms with Crippen molar-refractivity contribution < 1.29 is 18.9 Å². The highest BCUT2D eigenvalue weighted by Gasteiger charge is 2.32. The number of unbranched alkanes of at least 4 members (excludes halogenated alkanes) is 1. The lowest BCUT2D eigenvalue weighted by Gasteiger charge is -2.27. The van der Waals surface area contributed by atoms with Gasteiger partial charge in [0.25, 0.3) is 5.89 Å². The molecule has 4 rings (SSSR count). The molecule has 0 unspecified atom stereocenters. The minimum absolute atomic E-state index is 0.213. The van der Waals surface area contributed by atoms with E-state index in [1.807, 2.05) is 0 Å². The molecule has 1 aliphatic carbocycles. The summed E-state index contributed by atoms with van der Waals surface area (Å²) in [5.41, 5.74) is 6.42. The zero-order valence-electron chi connectivity index (χ0n) is 18.6. The number of hydrogen-bond acceptors (Lipinski definition) is 6. The maximum Gasteiger partial charge on any atom is 0.303 e. The van der Waals surface area contributed by atoms with E-state index in [1.54, 1.807) is 0 Å². The zero-order valence-corrected chi connectivity index (χ0v) is 18.6. The lowest BCUT2D eigenvalue weighted by Crippen LogP contribution is -2.21. The van der Waals surface area contributed by atoms with Crippen molar-refractivity contribution in [3.63, 3.8) is 0 Å². The Morgan fingerprint density at radius 1 is 1.13 bits per heavy atom. The zero-order chi connectivity index (χ0) is 22.2. The Hall–Kier alpha value is -2.96. The van der Waals surface area contributed by atoms with Crippen molar-refractivity contribution in [3.8, 4) is 23.0 Å². The van der Waals surface area contributed by atoms with Gasteiger partial charge in [0.15, 0.2) is 5.69 Å². The normalized spacial score (nSPS) is 15.1. The van der Waals surface area contributed by atoms with Gasteiger partial charge < -0.3 is 14.2 Å². The fourth-order valence-corrected chi connectivity index (χ4v) is 4.43. The van der Waals surface area contributed by atoms with Crippen LogP contribution in [0.25, 0.3) is 23.0 Å². The summed E-state index contributed by atoms with van der Waals surface area (Å²) in [6.45, 7) is 8.62. The minimum Gasteiger partial charge on any atom is -0.481 e. The molecule has 1 aromatic carbocycles. The standard InChI is InChI=1S/C24H29N3O4/c1-14-11-16(12-15(2)17(14)7-5-6-8-20(28)29)22-25-23(31-27-22)21-18-9-10-24(3,4)13-19(18)30-26-21/h11-12H,5-10,13H2,1-4H3,(H,28,29). The summed E-state index contributed by atoms with van der Waals surface area (Å²) in [5, 5.41) is 17.2. The van der Waals surface area contributed by atoms with Crippen LogP contribution in [-0.4, -0.2) is 26.4 Å². The van der Waals surface area contributed by atoms with Gasteiger partial charge in [-0.25, -0.2) is 0 Å². The first kappa shape index (κ1) is 21.3. The largest absolute Gasteiger partial charge is 0.481 e. The van der Waals surface area contributed by atoms with E-state index >= 15 is 0 Å². The third-order valence-corrected chi connectivity index (χ3v) is 6.21. The number of carbonyl (C=O) groups is 1. The Balaban J connectivity index is 1.53. The average molecular weight is 424 g/mol. The topological polar surface area (TPSA) is 102 Å². The van der Waals surface area contributed by atoms with Crippen molar-refractivity contribution in [2.24, 2.45) is 5.41 Å². The summed E-state index contributed by atoms with van der Waals surface area (Å²) in [5.74, 6) is 1.11. The Labute approximate surface area is 181 Å². The van der Waals surface area contributed by atoms with Gasteiger partial charge in [-0.1, -0.05) is 24.2 Å². The summed E-state index contributed by atoms with van der Waals surface area (Å²) < 4.78 is 11.1. The van der Waals surface area contributed by atoms with Gasteiger partial charge in [0, 0.05) is 24.0 Å². The molecule has 2 aromatic heterocycles. The second kappa shape index (κ2) is 8.29. The summed E-state index contributed by atoms with van der Waals surface area (Å²) >= 11 is 0. The smallest absolute Gasteiger partial charge is 0.303 e. The molecule has 31 heavy (non-hydrogen) atoms. The predicted octanol–water partition coefficient (Wildman–Crippen LogP) is 5.32. The molecule has 0 radical (unpaired) electrons. The quantitative estimate of drug-likeness (QED) is 0.513. The van der Waals surface area contributed by atoms with Gasteiger partial charge in [-0.2, -0.15) is 4.98 Å². The lowest BCUT2D eigenvalue weighted by molar-refractivity contribution is -0.137. The molecule has 0 atom stereocenters. The van der Waals surface area contributed by atoms with Crippen LogP contribution < -0.4 is 0 Å². The molecule has 0 amide bonds. The fraction of sp³-hybridized carbons (Fsp3) is 0.500. The molecule has 3 aromatic rings. The van der Waals surface area contributed by atoms with E-state index < -0.39 is 5.97 Å². The molecule has 7 heteroatoms. The molecule has 0 saturated heterocycles. The van der Waals surface area contributed by atoms with Crippen molar-refractivity contribution >= 4 is 5.97 Å². The Bertz CT molecular complexity index is 1090. The van der Waals surface area contributed by atoms with Crippen LogP contribution in [0.2, 0.25) is 0 Å². The summed E-state index contributed by atoms with van der Waals surface area (Å²) in [6, 6.07) is 4.13. The molecular weight excluding hydrogens is 394 g/mol. The van der Waals surface area contributed by atoms with Crippen molar-refractivity contribution in [3.05, 3.63) is 40.1 Å². The summed E-state index contributed by atoms with van der Waals surface area (Å²) in [6.07, 6.45) is 5.45. The number of aryl methyl sites for hydroxylation is 2. The van der Waals surface area contributed by atoms with E-state index in [0.29, 0.717) is 23.8 Å². The average Bonchev–Trinajstić information content (AvgIpc) is 3.32. The molecule has 7 nitrogen and oxygen atoms in total. The van der Waals surface area contributed by atoms with E-state index in [2.05, 4.69) is 55.1 Å². The van der Waals surface area contributed by atoms with E-state index in [-0.39, 0.29) is 11.8 Å². The third kappa shape index (κ3) is 4.55. The van der Waals surface area contributed by atoms with Crippen LogP contribution in [0.1, 0.15) is 67.5 Å². The molecular formula is C24H29N3O4. The monoisotopic (exact) mass is 423 g/mol. The number of hydrogen-bond donors (Lipinski definition) is 1. The van der Waals surface area contributed by atoms with Crippen LogP contribution in [0.5, 0.6) is 0 Å². The number of nitrogens with zero attached hydrogens (tertiary/aromatic N) is 3. The van der Waals surface area contributed by atoms with Gasteiger partial charge in [-0.3, -0.25) is 4.79 Å². The Morgan fingerprint density at radius 2 is 1.87 bits per heavy atom. The van der Waals surface area contributed by atoms with Crippen molar-refractivity contribution in [2.75, 3.05) is 0 Å². The fourth-order valence-electron chi connectivity index (χ4n) is 4.43. The van der Waals surface area contributed by atoms with Gasteiger partial charge in [0.2, 0.25) is 5.82 Å². The highest BCUT2D eigenvalue weighted by Crippen LogP contribution is 2.39. The molecule has 2 heterocycles. The number of carboxylic acid groups (broad SMARTS) is 1. The van der Waals surface area contributed by atoms with E-state index in [9.17, 15) is 4.79 Å². The number of benzene rings is 1. The Kier molecular flexibility index (Phi) is 5.69. The van der Waals surface area contributed by atoms with Crippen LogP contribution >= 0.6 is 0 Å². The van der Waals surface area contributed by atoms with Gasteiger partial charge >= 0.3 is 5.97 Å². The summed E-state index contributed by atoms with van der Waals surface area (Å²) in [7, 11) is 0. The maximum atomic E-state index is 10.7. The van der Waals surface area contributed by atoms with Crippen molar-refractivity contribution in [2.45, 2.75) is 72.6 Å². The highest BCUT2D eigenvalue weighted by atomic mass is 16.5. The molecule has 0 fully saturated rings. The van der Waals surface area contributed by atoms with Crippen molar-refractivity contribution in [1.82, 2.24) is 15.3 Å². The van der Waals surface area contributed by atoms with Crippen LogP contribution in [0.3, 0.4) is 0 Å². The first-order valence-corrected chi connectivity index (χ1v) is 10.9. The molecule has 0 aliphatic heterocycles. The van der Waals surface area contributed by atoms with Crippen LogP contribution in [0.4, 0.5) is 0 Å². The maximum absolute atomic E-state index is 10.7. The summed E-state index contributed by atoms with van der Waals surface area (Å²) in [4.78, 5) is 15.3. The third-order valence-electron chi connectivity index (χ3n) is 6.21. The van der Waals surface area contributed by atoms with Gasteiger partial charge in [-0.15, -0.1) is 0 Å². The van der Waals surface area contributed by atoms with Gasteiger partial charge in [0.05, 0.1) is 0 Å². The van der Waals surface area contributed by atoms with Crippen molar-refractivity contribution in [1.29, 1.82) is 0 Å². The number of aliphatic carboxylic acids is 1. The second-order valence-corrected chi connectivity index (χ2v) is 9.39. The molecule has 0 saturated carbocycles. The predicted molar refractivity (Wildman–Crippen MR) is 116 cm³/mol. The molecule has 1 N–H and O–H groups in total. The number of aromatic nitrogens is 3. The first-order chi connectivity index (χ1) is 14.7. The van der Waals surface area contributed by atoms with Crippen LogP contribution in [0, 0.1) is 19.3 Å². The molecule has 1 aliphatic rings. The second-order valence-electron chi connectivity index (χ2n) is 9.39. The van der Waals surface area contributed by atoms with Gasteiger partial charge in [0.1, 0.15) is 5.76 Å². The molecule has 0 spiro atoms. The number of fused-ring (bicyclic) bond motifs is 1. The minimum atomic E-state index is -0.742. The highest BCUT2D eigenvalue weighted by molar-refractivity contribution is 5.66. The van der Waals surface area contributed by atoms with Crippen LogP contribution in [0.15, 0.2) is 21.2 Å². The van der Waals surface area contributed by atoms with E-state index in [4.69, 9.17) is 14.2 Å². The molecule has 164 valence electrons. The first-order valence-electron chi connectivity index (χ1n) is 10.9. The van der Waals surface area contributed by atoms with Gasteiger partial charge in [-0.05, 0) is 80.2 Å². The number of carboxylic acids is 1. The number of rotatable bonds is 7.